The van der Waals surface area contributed by atoms with Crippen LogP contribution in [0.3, 0.4) is 0 Å². The molecule has 0 radical (unpaired) electrons. The highest BCUT2D eigenvalue weighted by Crippen LogP contribution is 2.42. The first-order chi connectivity index (χ1) is 13.2. The van der Waals surface area contributed by atoms with Crippen molar-refractivity contribution in [3.63, 3.8) is 0 Å². The number of halogens is 2. The van der Waals surface area contributed by atoms with Crippen LogP contribution in [0.2, 0.25) is 0 Å². The van der Waals surface area contributed by atoms with E-state index in [0.717, 1.165) is 50.2 Å². The molecule has 8 heteroatoms. The van der Waals surface area contributed by atoms with E-state index in [0.29, 0.717) is 29.7 Å². The van der Waals surface area contributed by atoms with Crippen LogP contribution in [-0.4, -0.2) is 44.5 Å². The highest BCUT2D eigenvalue weighted by Gasteiger charge is 2.42. The maximum Gasteiger partial charge on any atom is 0.225 e. The predicted octanol–water partition coefficient (Wildman–Crippen LogP) is 3.43. The summed E-state index contributed by atoms with van der Waals surface area (Å²) in [5.74, 6) is 3.12. The molecular weight excluding hydrogens is 409 g/mol. The quantitative estimate of drug-likeness (QED) is 0.777. The summed E-state index contributed by atoms with van der Waals surface area (Å²) in [6.45, 7) is 1.67. The Morgan fingerprint density at radius 3 is 2.38 bits per heavy atom. The summed E-state index contributed by atoms with van der Waals surface area (Å²) in [5.41, 5.74) is 7.30. The van der Waals surface area contributed by atoms with E-state index in [4.69, 9.17) is 5.73 Å². The molecule has 2 atom stereocenters. The fourth-order valence-electron chi connectivity index (χ4n) is 5.75. The molecule has 2 aliphatic carbocycles. The van der Waals surface area contributed by atoms with Crippen LogP contribution in [-0.2, 0) is 4.79 Å². The number of carbonyl (C=O) groups is 1. The second kappa shape index (κ2) is 9.19. The lowest BCUT2D eigenvalue weighted by Gasteiger charge is -2.45. The Kier molecular flexibility index (Phi) is 7.07. The van der Waals surface area contributed by atoms with Gasteiger partial charge in [0.2, 0.25) is 5.91 Å². The van der Waals surface area contributed by atoms with Gasteiger partial charge in [-0.1, -0.05) is 12.5 Å². The van der Waals surface area contributed by atoms with E-state index < -0.39 is 0 Å². The average molecular weight is 440 g/mol. The third-order valence-electron chi connectivity index (χ3n) is 7.27. The number of carbonyl (C=O) groups excluding carboxylic acids is 1. The summed E-state index contributed by atoms with van der Waals surface area (Å²) >= 11 is 0. The van der Waals surface area contributed by atoms with E-state index in [1.54, 1.807) is 0 Å². The Morgan fingerprint density at radius 1 is 1.00 bits per heavy atom. The van der Waals surface area contributed by atoms with E-state index in [1.807, 2.05) is 24.4 Å². The monoisotopic (exact) mass is 439 g/mol. The Hall–Kier alpha value is -1.37. The normalized spacial score (nSPS) is 29.8. The van der Waals surface area contributed by atoms with Gasteiger partial charge in [-0.2, -0.15) is 0 Å². The lowest BCUT2D eigenvalue weighted by molar-refractivity contribution is -0.139. The fraction of sp³-hybridized carbons (Fsp3) is 0.667. The van der Waals surface area contributed by atoms with Gasteiger partial charge >= 0.3 is 0 Å². The first-order valence-corrected chi connectivity index (χ1v) is 10.5. The van der Waals surface area contributed by atoms with Crippen molar-refractivity contribution >= 4 is 36.4 Å². The van der Waals surface area contributed by atoms with Gasteiger partial charge in [0, 0.05) is 37.2 Å². The van der Waals surface area contributed by atoms with E-state index >= 15 is 0 Å². The largest absolute Gasteiger partial charge is 0.342 e. The van der Waals surface area contributed by atoms with Crippen molar-refractivity contribution in [2.75, 3.05) is 13.1 Å². The number of hydrogen-bond acceptors (Lipinski definition) is 4. The van der Waals surface area contributed by atoms with Crippen molar-refractivity contribution in [1.82, 2.24) is 19.5 Å². The van der Waals surface area contributed by atoms with Crippen molar-refractivity contribution < 1.29 is 4.79 Å². The van der Waals surface area contributed by atoms with E-state index in [9.17, 15) is 4.79 Å². The highest BCUT2D eigenvalue weighted by atomic mass is 35.5. The second-order valence-electron chi connectivity index (χ2n) is 8.78. The summed E-state index contributed by atoms with van der Waals surface area (Å²) in [7, 11) is 0. The van der Waals surface area contributed by atoms with Gasteiger partial charge < -0.3 is 10.6 Å². The van der Waals surface area contributed by atoms with Gasteiger partial charge in [0.15, 0.2) is 5.65 Å². The topological polar surface area (TPSA) is 76.5 Å². The third kappa shape index (κ3) is 4.12. The van der Waals surface area contributed by atoms with Crippen LogP contribution in [0.5, 0.6) is 0 Å². The van der Waals surface area contributed by atoms with Crippen molar-refractivity contribution in [2.45, 2.75) is 56.9 Å². The molecule has 3 heterocycles. The molecule has 29 heavy (non-hydrogen) atoms. The molecule has 1 amide bonds. The van der Waals surface area contributed by atoms with E-state index in [1.165, 1.54) is 19.3 Å². The van der Waals surface area contributed by atoms with Crippen LogP contribution < -0.4 is 5.73 Å². The molecule has 3 aliphatic rings. The number of rotatable bonds is 2. The van der Waals surface area contributed by atoms with Gasteiger partial charge in [-0.25, -0.2) is 0 Å². The highest BCUT2D eigenvalue weighted by molar-refractivity contribution is 5.85. The minimum atomic E-state index is 0. The summed E-state index contributed by atoms with van der Waals surface area (Å²) in [4.78, 5) is 15.3. The first-order valence-electron chi connectivity index (χ1n) is 10.5. The van der Waals surface area contributed by atoms with Gasteiger partial charge in [0.05, 0.1) is 0 Å². The third-order valence-corrected chi connectivity index (χ3v) is 7.27. The average Bonchev–Trinajstić information content (AvgIpc) is 3.11. The zero-order chi connectivity index (χ0) is 18.4. The minimum Gasteiger partial charge on any atom is -0.342 e. The van der Waals surface area contributed by atoms with Gasteiger partial charge in [-0.15, -0.1) is 35.0 Å². The van der Waals surface area contributed by atoms with E-state index in [-0.39, 0.29) is 30.7 Å². The Bertz CT molecular complexity index is 821. The van der Waals surface area contributed by atoms with Crippen LogP contribution >= 0.6 is 24.8 Å². The SMILES string of the molecule is Cl.Cl.NC1C2CCCC1CC(C(=O)N1CCC(c3nnc4ccccn34)CC1)C2. The predicted molar refractivity (Wildman–Crippen MR) is 118 cm³/mol. The molecule has 3 fully saturated rings. The number of pyridine rings is 1. The number of nitrogens with zero attached hydrogens (tertiary/aromatic N) is 4. The maximum atomic E-state index is 13.1. The minimum absolute atomic E-state index is 0. The number of piperidine rings is 1. The lowest BCUT2D eigenvalue weighted by atomic mass is 9.65. The molecule has 0 spiro atoms. The molecule has 6 nitrogen and oxygen atoms in total. The van der Waals surface area contributed by atoms with E-state index in [2.05, 4.69) is 19.5 Å². The first kappa shape index (κ1) is 22.3. The summed E-state index contributed by atoms with van der Waals surface area (Å²) in [5, 5.41) is 8.70. The van der Waals surface area contributed by atoms with Crippen LogP contribution in [0, 0.1) is 17.8 Å². The lowest BCUT2D eigenvalue weighted by Crippen LogP contribution is -2.50. The van der Waals surface area contributed by atoms with Crippen LogP contribution in [0.15, 0.2) is 24.4 Å². The van der Waals surface area contributed by atoms with Crippen molar-refractivity contribution in [1.29, 1.82) is 0 Å². The molecule has 160 valence electrons. The number of nitrogens with two attached hydrogens (primary N) is 1. The molecule has 5 rings (SSSR count). The Balaban J connectivity index is 0.00000120. The van der Waals surface area contributed by atoms with Crippen molar-refractivity contribution in [3.8, 4) is 0 Å². The van der Waals surface area contributed by atoms with Crippen LogP contribution in [0.4, 0.5) is 0 Å². The molecule has 2 unspecified atom stereocenters. The number of fused-ring (bicyclic) bond motifs is 3. The summed E-state index contributed by atoms with van der Waals surface area (Å²) in [6, 6.07) is 6.32. The molecule has 1 saturated heterocycles. The number of amides is 1. The van der Waals surface area contributed by atoms with Crippen molar-refractivity contribution in [2.24, 2.45) is 23.5 Å². The molecule has 2 aromatic heterocycles. The zero-order valence-corrected chi connectivity index (χ0v) is 18.3. The van der Waals surface area contributed by atoms with Crippen molar-refractivity contribution in [3.05, 3.63) is 30.2 Å². The molecule has 2 aromatic rings. The molecule has 1 aliphatic heterocycles. The maximum absolute atomic E-state index is 13.1. The summed E-state index contributed by atoms with van der Waals surface area (Å²) in [6.07, 6.45) is 9.71. The van der Waals surface area contributed by atoms with Crippen LogP contribution in [0.1, 0.15) is 56.7 Å². The van der Waals surface area contributed by atoms with Gasteiger partial charge in [-0.05, 0) is 62.5 Å². The van der Waals surface area contributed by atoms with Gasteiger partial charge in [-0.3, -0.25) is 9.20 Å². The zero-order valence-electron chi connectivity index (χ0n) is 16.7. The Labute approximate surface area is 184 Å². The van der Waals surface area contributed by atoms with Crippen LogP contribution in [0.25, 0.3) is 5.65 Å². The fourth-order valence-corrected chi connectivity index (χ4v) is 5.75. The number of aromatic nitrogens is 3. The molecule has 2 N–H and O–H groups in total. The summed E-state index contributed by atoms with van der Waals surface area (Å²) < 4.78 is 2.09. The smallest absolute Gasteiger partial charge is 0.225 e. The second-order valence-corrected chi connectivity index (χ2v) is 8.78. The molecular formula is C21H31Cl2N5O. The Morgan fingerprint density at radius 2 is 1.69 bits per heavy atom. The molecule has 0 aromatic carbocycles. The van der Waals surface area contributed by atoms with Gasteiger partial charge in [0.1, 0.15) is 5.82 Å². The standard InChI is InChI=1S/C21H29N5O.2ClH/c22-19-15-4-3-5-16(19)13-17(12-15)21(27)25-10-7-14(8-11-25)20-24-23-18-6-1-2-9-26(18)20;;/h1-2,6,9,14-17,19H,3-5,7-8,10-13,22H2;2*1H. The van der Waals surface area contributed by atoms with Gasteiger partial charge in [0.25, 0.3) is 0 Å². The molecule has 2 saturated carbocycles. The number of hydrogen-bond donors (Lipinski definition) is 1. The molecule has 2 bridgehead atoms. The number of likely N-dealkylation sites (tertiary alicyclic amines) is 1.